The molecule has 146 valence electrons. The van der Waals surface area contributed by atoms with Crippen LogP contribution in [-0.4, -0.2) is 15.9 Å². The van der Waals surface area contributed by atoms with E-state index in [0.717, 1.165) is 12.1 Å². The lowest BCUT2D eigenvalue weighted by Gasteiger charge is -2.10. The van der Waals surface area contributed by atoms with E-state index in [1.54, 1.807) is 12.1 Å². The highest BCUT2D eigenvalue weighted by Crippen LogP contribution is 2.29. The van der Waals surface area contributed by atoms with Gasteiger partial charge in [0.15, 0.2) is 17.3 Å². The van der Waals surface area contributed by atoms with E-state index in [0.29, 0.717) is 11.0 Å². The van der Waals surface area contributed by atoms with E-state index in [2.05, 4.69) is 15.3 Å². The van der Waals surface area contributed by atoms with Crippen molar-refractivity contribution in [2.75, 3.05) is 5.32 Å². The van der Waals surface area contributed by atoms with Gasteiger partial charge in [-0.2, -0.15) is 5.26 Å². The lowest BCUT2D eigenvalue weighted by molar-refractivity contribution is 0.102. The molecule has 4 rings (SSSR count). The van der Waals surface area contributed by atoms with Gasteiger partial charge in [-0.05, 0) is 42.5 Å². The lowest BCUT2D eigenvalue weighted by atomic mass is 10.2. The summed E-state index contributed by atoms with van der Waals surface area (Å²) < 4.78 is 33.2. The van der Waals surface area contributed by atoms with Crippen molar-refractivity contribution >= 4 is 22.6 Å². The smallest absolute Gasteiger partial charge is 0.255 e. The first-order chi connectivity index (χ1) is 14.5. The van der Waals surface area contributed by atoms with Gasteiger partial charge in [0.1, 0.15) is 17.6 Å². The van der Waals surface area contributed by atoms with E-state index in [1.165, 1.54) is 42.6 Å². The summed E-state index contributed by atoms with van der Waals surface area (Å²) in [5, 5.41) is 11.5. The number of carbonyl (C=O) groups is 1. The van der Waals surface area contributed by atoms with E-state index >= 15 is 0 Å². The van der Waals surface area contributed by atoms with Crippen LogP contribution in [0, 0.1) is 23.0 Å². The Bertz CT molecular complexity index is 1320. The Balaban J connectivity index is 1.58. The number of rotatable bonds is 4. The predicted octanol–water partition coefficient (Wildman–Crippen LogP) is 4.82. The number of nitrogens with one attached hydrogen (secondary N) is 1. The number of benzene rings is 3. The normalized spacial score (nSPS) is 10.4. The number of amides is 1. The maximum Gasteiger partial charge on any atom is 0.255 e. The first kappa shape index (κ1) is 19.0. The first-order valence-corrected chi connectivity index (χ1v) is 8.73. The third kappa shape index (κ3) is 4.05. The molecule has 30 heavy (non-hydrogen) atoms. The number of nitriles is 1. The van der Waals surface area contributed by atoms with E-state index in [4.69, 9.17) is 10.00 Å². The fraction of sp³-hybridized carbons (Fsp3) is 0. The van der Waals surface area contributed by atoms with Crippen molar-refractivity contribution in [1.82, 2.24) is 9.97 Å². The molecule has 0 radical (unpaired) electrons. The van der Waals surface area contributed by atoms with Crippen molar-refractivity contribution in [2.24, 2.45) is 0 Å². The second-order valence-electron chi connectivity index (χ2n) is 6.23. The fourth-order valence-electron chi connectivity index (χ4n) is 2.73. The zero-order valence-corrected chi connectivity index (χ0v) is 15.3. The topological polar surface area (TPSA) is 87.9 Å². The monoisotopic (exact) mass is 402 g/mol. The summed E-state index contributed by atoms with van der Waals surface area (Å²) in [7, 11) is 0. The van der Waals surface area contributed by atoms with Crippen LogP contribution < -0.4 is 10.1 Å². The van der Waals surface area contributed by atoms with Crippen LogP contribution in [0.15, 0.2) is 66.9 Å². The summed E-state index contributed by atoms with van der Waals surface area (Å²) in [5.74, 6) is -1.58. The Labute approximate surface area is 169 Å². The fourth-order valence-corrected chi connectivity index (χ4v) is 2.73. The standard InChI is InChI=1S/C22H12F2N4O2/c23-14-3-1-2-13(8-14)22(29)28-15-4-6-18(24)21(9-15)30-17-5-7-19-20(10-17)27-16(11-25)12-26-19/h1-10,12H,(H,28,29). The third-order valence-electron chi connectivity index (χ3n) is 4.13. The largest absolute Gasteiger partial charge is 0.454 e. The van der Waals surface area contributed by atoms with Gasteiger partial charge in [0.2, 0.25) is 0 Å². The van der Waals surface area contributed by atoms with E-state index in [9.17, 15) is 13.6 Å². The molecule has 0 aliphatic rings. The summed E-state index contributed by atoms with van der Waals surface area (Å²) in [5.41, 5.74) is 1.52. The minimum Gasteiger partial charge on any atom is -0.454 e. The molecule has 0 unspecified atom stereocenters. The molecule has 0 aliphatic carbocycles. The van der Waals surface area contributed by atoms with Gasteiger partial charge in [-0.25, -0.2) is 13.8 Å². The zero-order chi connectivity index (χ0) is 21.1. The second-order valence-corrected chi connectivity index (χ2v) is 6.23. The second kappa shape index (κ2) is 7.93. The Morgan fingerprint density at radius 1 is 1.03 bits per heavy atom. The molecule has 0 atom stereocenters. The SMILES string of the molecule is N#Cc1cnc2ccc(Oc3cc(NC(=O)c4cccc(F)c4)ccc3F)cc2n1. The van der Waals surface area contributed by atoms with Gasteiger partial charge in [-0.15, -0.1) is 0 Å². The van der Waals surface area contributed by atoms with E-state index < -0.39 is 17.5 Å². The van der Waals surface area contributed by atoms with Gasteiger partial charge >= 0.3 is 0 Å². The number of hydrogen-bond donors (Lipinski definition) is 1. The van der Waals surface area contributed by atoms with Crippen molar-refractivity contribution in [3.63, 3.8) is 0 Å². The number of carbonyl (C=O) groups excluding carboxylic acids is 1. The highest BCUT2D eigenvalue weighted by Gasteiger charge is 2.11. The maximum absolute atomic E-state index is 14.2. The number of fused-ring (bicyclic) bond motifs is 1. The highest BCUT2D eigenvalue weighted by atomic mass is 19.1. The minimum atomic E-state index is -0.643. The third-order valence-corrected chi connectivity index (χ3v) is 4.13. The Kier molecular flexibility index (Phi) is 5.01. The van der Waals surface area contributed by atoms with Crippen LogP contribution in [0.1, 0.15) is 16.1 Å². The van der Waals surface area contributed by atoms with Gasteiger partial charge in [-0.1, -0.05) is 6.07 Å². The maximum atomic E-state index is 14.2. The molecule has 0 spiro atoms. The molecular weight excluding hydrogens is 390 g/mol. The molecule has 1 heterocycles. The number of aromatic nitrogens is 2. The summed E-state index contributed by atoms with van der Waals surface area (Å²) in [6.07, 6.45) is 1.35. The molecule has 0 bridgehead atoms. The molecular formula is C22H12F2N4O2. The molecule has 0 aliphatic heterocycles. The van der Waals surface area contributed by atoms with Gasteiger partial charge in [0.25, 0.3) is 5.91 Å². The van der Waals surface area contributed by atoms with E-state index in [-0.39, 0.29) is 28.4 Å². The molecule has 6 nitrogen and oxygen atoms in total. The molecule has 0 saturated heterocycles. The minimum absolute atomic E-state index is 0.128. The summed E-state index contributed by atoms with van der Waals surface area (Å²) in [6.45, 7) is 0. The molecule has 1 N–H and O–H groups in total. The van der Waals surface area contributed by atoms with Crippen molar-refractivity contribution in [2.45, 2.75) is 0 Å². The average molecular weight is 402 g/mol. The Morgan fingerprint density at radius 3 is 2.70 bits per heavy atom. The van der Waals surface area contributed by atoms with Crippen molar-refractivity contribution in [3.8, 4) is 17.6 Å². The zero-order valence-electron chi connectivity index (χ0n) is 15.3. The number of hydrogen-bond acceptors (Lipinski definition) is 5. The van der Waals surface area contributed by atoms with E-state index in [1.807, 2.05) is 6.07 Å². The van der Waals surface area contributed by atoms with Crippen LogP contribution in [-0.2, 0) is 0 Å². The summed E-state index contributed by atoms with van der Waals surface area (Å²) >= 11 is 0. The molecule has 8 heteroatoms. The summed E-state index contributed by atoms with van der Waals surface area (Å²) in [4.78, 5) is 20.5. The quantitative estimate of drug-likeness (QED) is 0.529. The summed E-state index contributed by atoms with van der Waals surface area (Å²) in [6, 6.07) is 15.7. The van der Waals surface area contributed by atoms with Gasteiger partial charge in [0.05, 0.1) is 17.2 Å². The molecule has 0 fully saturated rings. The van der Waals surface area contributed by atoms with Crippen LogP contribution >= 0.6 is 0 Å². The van der Waals surface area contributed by atoms with Crippen LogP contribution in [0.4, 0.5) is 14.5 Å². The van der Waals surface area contributed by atoms with Gasteiger partial charge < -0.3 is 10.1 Å². The molecule has 4 aromatic rings. The molecule has 3 aromatic carbocycles. The highest BCUT2D eigenvalue weighted by molar-refractivity contribution is 6.04. The average Bonchev–Trinajstić information content (AvgIpc) is 2.75. The van der Waals surface area contributed by atoms with Crippen molar-refractivity contribution in [1.29, 1.82) is 5.26 Å². The van der Waals surface area contributed by atoms with Crippen molar-refractivity contribution in [3.05, 3.63) is 89.8 Å². The van der Waals surface area contributed by atoms with Gasteiger partial charge in [0, 0.05) is 23.4 Å². The molecule has 0 saturated carbocycles. The number of ether oxygens (including phenoxy) is 1. The van der Waals surface area contributed by atoms with Crippen LogP contribution in [0.25, 0.3) is 11.0 Å². The number of nitrogens with zero attached hydrogens (tertiary/aromatic N) is 3. The number of halogens is 2. The number of anilines is 1. The van der Waals surface area contributed by atoms with Crippen molar-refractivity contribution < 1.29 is 18.3 Å². The van der Waals surface area contributed by atoms with Crippen LogP contribution in [0.3, 0.4) is 0 Å². The van der Waals surface area contributed by atoms with Crippen LogP contribution in [0.5, 0.6) is 11.5 Å². The van der Waals surface area contributed by atoms with Gasteiger partial charge in [-0.3, -0.25) is 9.78 Å². The Hall–Kier alpha value is -4.38. The Morgan fingerprint density at radius 2 is 1.90 bits per heavy atom. The first-order valence-electron chi connectivity index (χ1n) is 8.73. The molecule has 1 amide bonds. The lowest BCUT2D eigenvalue weighted by Crippen LogP contribution is -2.12. The van der Waals surface area contributed by atoms with Crippen LogP contribution in [0.2, 0.25) is 0 Å². The molecule has 1 aromatic heterocycles. The predicted molar refractivity (Wildman–Crippen MR) is 105 cm³/mol.